The monoisotopic (exact) mass is 261 g/mol. The van der Waals surface area contributed by atoms with Gasteiger partial charge >= 0.3 is 6.01 Å². The maximum atomic E-state index is 5.68. The van der Waals surface area contributed by atoms with E-state index >= 15 is 0 Å². The Bertz CT molecular complexity index is 537. The number of nitrogens with two attached hydrogens (primary N) is 1. The quantitative estimate of drug-likeness (QED) is 0.884. The second-order valence-corrected chi connectivity index (χ2v) is 4.34. The lowest BCUT2D eigenvalue weighted by Crippen LogP contribution is -2.21. The molecule has 2 aromatic heterocycles. The van der Waals surface area contributed by atoms with Crippen molar-refractivity contribution in [2.45, 2.75) is 19.4 Å². The number of ether oxygens (including phenoxy) is 1. The van der Waals surface area contributed by atoms with Crippen LogP contribution in [-0.2, 0) is 6.61 Å². The standard InChI is InChI=1S/C12H15N5O2/c13-10-14-11(17-5-1-2-6-17)16-12(15-10)19-8-9-4-3-7-18-9/h3-4,7H,1-2,5-6,8H2,(H2,13,14,15,16). The number of aromatic nitrogens is 3. The average molecular weight is 261 g/mol. The zero-order chi connectivity index (χ0) is 13.1. The van der Waals surface area contributed by atoms with E-state index < -0.39 is 0 Å². The van der Waals surface area contributed by atoms with Gasteiger partial charge < -0.3 is 19.8 Å². The Balaban J connectivity index is 1.73. The van der Waals surface area contributed by atoms with Crippen molar-refractivity contribution < 1.29 is 9.15 Å². The Morgan fingerprint density at radius 2 is 2.11 bits per heavy atom. The van der Waals surface area contributed by atoms with E-state index in [-0.39, 0.29) is 18.6 Å². The van der Waals surface area contributed by atoms with Gasteiger partial charge in [0.15, 0.2) is 0 Å². The summed E-state index contributed by atoms with van der Waals surface area (Å²) in [5, 5.41) is 0. The number of hydrogen-bond donors (Lipinski definition) is 1. The molecule has 0 radical (unpaired) electrons. The summed E-state index contributed by atoms with van der Waals surface area (Å²) in [6.45, 7) is 2.16. The molecule has 0 aliphatic carbocycles. The zero-order valence-electron chi connectivity index (χ0n) is 10.5. The minimum atomic E-state index is 0.173. The number of furan rings is 1. The van der Waals surface area contributed by atoms with Gasteiger partial charge in [0, 0.05) is 13.1 Å². The van der Waals surface area contributed by atoms with Gasteiger partial charge in [-0.15, -0.1) is 0 Å². The Morgan fingerprint density at radius 3 is 2.84 bits per heavy atom. The summed E-state index contributed by atoms with van der Waals surface area (Å²) in [7, 11) is 0. The van der Waals surface area contributed by atoms with Crippen LogP contribution in [0.1, 0.15) is 18.6 Å². The van der Waals surface area contributed by atoms with E-state index in [1.165, 1.54) is 0 Å². The highest BCUT2D eigenvalue weighted by Crippen LogP contribution is 2.18. The third kappa shape index (κ3) is 2.75. The lowest BCUT2D eigenvalue weighted by molar-refractivity contribution is 0.250. The largest absolute Gasteiger partial charge is 0.466 e. The van der Waals surface area contributed by atoms with E-state index in [0.29, 0.717) is 11.7 Å². The van der Waals surface area contributed by atoms with Gasteiger partial charge in [0.25, 0.3) is 0 Å². The molecule has 0 spiro atoms. The second-order valence-electron chi connectivity index (χ2n) is 4.34. The molecule has 3 rings (SSSR count). The summed E-state index contributed by atoms with van der Waals surface area (Å²) < 4.78 is 10.6. The molecule has 1 aliphatic rings. The Labute approximate surface area is 110 Å². The molecule has 0 bridgehead atoms. The van der Waals surface area contributed by atoms with Gasteiger partial charge in [-0.3, -0.25) is 0 Å². The first-order valence-corrected chi connectivity index (χ1v) is 6.23. The highest BCUT2D eigenvalue weighted by atomic mass is 16.5. The summed E-state index contributed by atoms with van der Waals surface area (Å²) in [6, 6.07) is 3.85. The smallest absolute Gasteiger partial charge is 0.323 e. The van der Waals surface area contributed by atoms with Crippen LogP contribution in [-0.4, -0.2) is 28.0 Å². The highest BCUT2D eigenvalue weighted by molar-refractivity contribution is 5.36. The van der Waals surface area contributed by atoms with Crippen LogP contribution in [0.15, 0.2) is 22.8 Å². The van der Waals surface area contributed by atoms with E-state index in [1.54, 1.807) is 12.3 Å². The molecule has 1 saturated heterocycles. The molecular formula is C12H15N5O2. The first kappa shape index (κ1) is 11.8. The van der Waals surface area contributed by atoms with Crippen molar-refractivity contribution in [3.8, 4) is 6.01 Å². The molecular weight excluding hydrogens is 246 g/mol. The molecule has 7 heteroatoms. The van der Waals surface area contributed by atoms with Gasteiger partial charge in [-0.25, -0.2) is 0 Å². The van der Waals surface area contributed by atoms with Crippen LogP contribution in [0.25, 0.3) is 0 Å². The molecule has 3 heterocycles. The normalized spacial score (nSPS) is 14.8. The molecule has 1 fully saturated rings. The van der Waals surface area contributed by atoms with Crippen molar-refractivity contribution in [1.29, 1.82) is 0 Å². The van der Waals surface area contributed by atoms with E-state index in [0.717, 1.165) is 25.9 Å². The van der Waals surface area contributed by atoms with Crippen molar-refractivity contribution in [3.63, 3.8) is 0 Å². The van der Waals surface area contributed by atoms with Gasteiger partial charge in [0.05, 0.1) is 6.26 Å². The van der Waals surface area contributed by atoms with Crippen LogP contribution in [0.2, 0.25) is 0 Å². The van der Waals surface area contributed by atoms with Gasteiger partial charge in [-0.05, 0) is 25.0 Å². The molecule has 2 aromatic rings. The topological polar surface area (TPSA) is 90.3 Å². The maximum Gasteiger partial charge on any atom is 0.323 e. The van der Waals surface area contributed by atoms with E-state index in [4.69, 9.17) is 14.9 Å². The van der Waals surface area contributed by atoms with Crippen LogP contribution in [0.4, 0.5) is 11.9 Å². The van der Waals surface area contributed by atoms with E-state index in [1.807, 2.05) is 6.07 Å². The molecule has 0 amide bonds. The fourth-order valence-electron chi connectivity index (χ4n) is 2.01. The van der Waals surface area contributed by atoms with Crippen LogP contribution >= 0.6 is 0 Å². The fourth-order valence-corrected chi connectivity index (χ4v) is 2.01. The third-order valence-electron chi connectivity index (χ3n) is 2.93. The fraction of sp³-hybridized carbons (Fsp3) is 0.417. The minimum absolute atomic E-state index is 0.173. The van der Waals surface area contributed by atoms with Crippen molar-refractivity contribution in [3.05, 3.63) is 24.2 Å². The summed E-state index contributed by atoms with van der Waals surface area (Å²) >= 11 is 0. The predicted octanol–water partition coefficient (Wildman–Crippen LogP) is 1.23. The number of nitrogen functional groups attached to an aromatic ring is 1. The molecule has 19 heavy (non-hydrogen) atoms. The Hall–Kier alpha value is -2.31. The average Bonchev–Trinajstić information content (AvgIpc) is 3.09. The van der Waals surface area contributed by atoms with Crippen molar-refractivity contribution in [2.24, 2.45) is 0 Å². The number of anilines is 2. The highest BCUT2D eigenvalue weighted by Gasteiger charge is 2.17. The molecule has 7 nitrogen and oxygen atoms in total. The van der Waals surface area contributed by atoms with Gasteiger partial charge in [-0.2, -0.15) is 15.0 Å². The zero-order valence-corrected chi connectivity index (χ0v) is 10.5. The molecule has 100 valence electrons. The van der Waals surface area contributed by atoms with Gasteiger partial charge in [0.1, 0.15) is 12.4 Å². The first-order valence-electron chi connectivity index (χ1n) is 6.23. The minimum Gasteiger partial charge on any atom is -0.466 e. The third-order valence-corrected chi connectivity index (χ3v) is 2.93. The Morgan fingerprint density at radius 1 is 1.26 bits per heavy atom. The lowest BCUT2D eigenvalue weighted by Gasteiger charge is -2.15. The van der Waals surface area contributed by atoms with Crippen molar-refractivity contribution >= 4 is 11.9 Å². The van der Waals surface area contributed by atoms with Crippen LogP contribution in [0, 0.1) is 0 Å². The van der Waals surface area contributed by atoms with Crippen LogP contribution in [0.5, 0.6) is 6.01 Å². The summed E-state index contributed by atoms with van der Waals surface area (Å²) in [6.07, 6.45) is 3.89. The van der Waals surface area contributed by atoms with Gasteiger partial charge in [-0.1, -0.05) is 0 Å². The van der Waals surface area contributed by atoms with E-state index in [9.17, 15) is 0 Å². The summed E-state index contributed by atoms with van der Waals surface area (Å²) in [4.78, 5) is 14.5. The second kappa shape index (κ2) is 5.13. The molecule has 1 aliphatic heterocycles. The first-order chi connectivity index (χ1) is 9.31. The summed E-state index contributed by atoms with van der Waals surface area (Å²) in [5.41, 5.74) is 5.68. The summed E-state index contributed by atoms with van der Waals surface area (Å²) in [5.74, 6) is 1.47. The number of hydrogen-bond acceptors (Lipinski definition) is 7. The molecule has 0 aromatic carbocycles. The van der Waals surface area contributed by atoms with Gasteiger partial charge in [0.2, 0.25) is 11.9 Å². The molecule has 0 atom stereocenters. The van der Waals surface area contributed by atoms with Crippen LogP contribution in [0.3, 0.4) is 0 Å². The number of nitrogens with zero attached hydrogens (tertiary/aromatic N) is 4. The van der Waals surface area contributed by atoms with Crippen LogP contribution < -0.4 is 15.4 Å². The van der Waals surface area contributed by atoms with Crippen molar-refractivity contribution in [1.82, 2.24) is 15.0 Å². The maximum absolute atomic E-state index is 5.68. The number of rotatable bonds is 4. The van der Waals surface area contributed by atoms with Crippen molar-refractivity contribution in [2.75, 3.05) is 23.7 Å². The lowest BCUT2D eigenvalue weighted by atomic mass is 10.4. The SMILES string of the molecule is Nc1nc(OCc2ccco2)nc(N2CCCC2)n1. The van der Waals surface area contributed by atoms with E-state index in [2.05, 4.69) is 19.9 Å². The molecule has 0 unspecified atom stereocenters. The molecule has 2 N–H and O–H groups in total. The molecule has 0 saturated carbocycles. The Kier molecular flexibility index (Phi) is 3.18. The predicted molar refractivity (Wildman–Crippen MR) is 68.7 cm³/mol.